The molecule has 6 nitrogen and oxygen atoms in total. The number of nitrogen functional groups attached to an aromatic ring is 1. The van der Waals surface area contributed by atoms with Crippen molar-refractivity contribution in [3.8, 4) is 0 Å². The fraction of sp³-hybridized carbons (Fsp3) is 0.333. The molecule has 5 N–H and O–H groups in total. The van der Waals surface area contributed by atoms with E-state index >= 15 is 0 Å². The summed E-state index contributed by atoms with van der Waals surface area (Å²) in [6.45, 7) is 3.70. The van der Waals surface area contributed by atoms with Crippen molar-refractivity contribution in [3.63, 3.8) is 0 Å². The second-order valence-corrected chi connectivity index (χ2v) is 4.19. The number of carbonyl (C=O) groups excluding carboxylic acids is 1. The van der Waals surface area contributed by atoms with Gasteiger partial charge >= 0.3 is 5.97 Å². The lowest BCUT2D eigenvalue weighted by Gasteiger charge is -2.12. The summed E-state index contributed by atoms with van der Waals surface area (Å²) in [4.78, 5) is 22.4. The summed E-state index contributed by atoms with van der Waals surface area (Å²) < 4.78 is 0. The molecular formula is C12H17N3O3. The molecule has 98 valence electrons. The average molecular weight is 251 g/mol. The molecule has 6 heteroatoms. The van der Waals surface area contributed by atoms with Gasteiger partial charge in [-0.1, -0.05) is 0 Å². The molecule has 18 heavy (non-hydrogen) atoms. The van der Waals surface area contributed by atoms with Gasteiger partial charge in [-0.15, -0.1) is 0 Å². The van der Waals surface area contributed by atoms with Gasteiger partial charge in [0, 0.05) is 11.7 Å². The highest BCUT2D eigenvalue weighted by Gasteiger charge is 2.11. The van der Waals surface area contributed by atoms with Crippen molar-refractivity contribution in [1.82, 2.24) is 5.32 Å². The zero-order valence-electron chi connectivity index (χ0n) is 10.4. The van der Waals surface area contributed by atoms with Crippen LogP contribution in [0.2, 0.25) is 0 Å². The first-order chi connectivity index (χ1) is 8.40. The van der Waals surface area contributed by atoms with E-state index in [2.05, 4.69) is 10.6 Å². The summed E-state index contributed by atoms with van der Waals surface area (Å²) in [5.74, 6) is -1.27. The molecule has 0 aliphatic carbocycles. The number of carboxylic acid groups (broad SMARTS) is 1. The third-order valence-corrected chi connectivity index (χ3v) is 2.16. The molecule has 0 bridgehead atoms. The number of benzene rings is 1. The minimum Gasteiger partial charge on any atom is -0.478 e. The van der Waals surface area contributed by atoms with Gasteiger partial charge in [-0.2, -0.15) is 0 Å². The first-order valence-corrected chi connectivity index (χ1v) is 5.56. The highest BCUT2D eigenvalue weighted by Crippen LogP contribution is 2.18. The fourth-order valence-electron chi connectivity index (χ4n) is 1.44. The van der Waals surface area contributed by atoms with Crippen molar-refractivity contribution in [1.29, 1.82) is 0 Å². The third-order valence-electron chi connectivity index (χ3n) is 2.16. The molecule has 1 rings (SSSR count). The number of nitrogens with two attached hydrogens (primary N) is 1. The Hall–Kier alpha value is -2.24. The average Bonchev–Trinajstić information content (AvgIpc) is 2.25. The van der Waals surface area contributed by atoms with Gasteiger partial charge in [0.15, 0.2) is 0 Å². The molecule has 0 aliphatic rings. The van der Waals surface area contributed by atoms with Crippen LogP contribution in [0.5, 0.6) is 0 Å². The number of carbonyl (C=O) groups is 2. The van der Waals surface area contributed by atoms with E-state index in [0.717, 1.165) is 0 Å². The maximum Gasteiger partial charge on any atom is 0.337 e. The monoisotopic (exact) mass is 251 g/mol. The second kappa shape index (κ2) is 5.90. The minimum absolute atomic E-state index is 0.00190. The Morgan fingerprint density at radius 1 is 1.39 bits per heavy atom. The zero-order valence-corrected chi connectivity index (χ0v) is 10.4. The Balaban J connectivity index is 2.74. The Morgan fingerprint density at radius 3 is 2.61 bits per heavy atom. The van der Waals surface area contributed by atoms with Crippen LogP contribution in [-0.2, 0) is 4.79 Å². The van der Waals surface area contributed by atoms with Crippen LogP contribution in [0.1, 0.15) is 24.2 Å². The van der Waals surface area contributed by atoms with E-state index in [9.17, 15) is 9.59 Å². The van der Waals surface area contributed by atoms with E-state index in [4.69, 9.17) is 10.8 Å². The lowest BCUT2D eigenvalue weighted by Crippen LogP contribution is -2.35. The zero-order chi connectivity index (χ0) is 13.7. The van der Waals surface area contributed by atoms with E-state index in [1.165, 1.54) is 18.2 Å². The van der Waals surface area contributed by atoms with Crippen molar-refractivity contribution >= 4 is 23.3 Å². The van der Waals surface area contributed by atoms with Crippen LogP contribution in [0.15, 0.2) is 18.2 Å². The maximum atomic E-state index is 11.4. The van der Waals surface area contributed by atoms with Gasteiger partial charge in [0.2, 0.25) is 5.91 Å². The van der Waals surface area contributed by atoms with Gasteiger partial charge in [0.05, 0.1) is 17.8 Å². The molecule has 0 radical (unpaired) electrons. The summed E-state index contributed by atoms with van der Waals surface area (Å²) in [5.41, 5.74) is 6.44. The molecule has 1 aromatic carbocycles. The summed E-state index contributed by atoms with van der Waals surface area (Å²) in [7, 11) is 0. The minimum atomic E-state index is -1.07. The van der Waals surface area contributed by atoms with Crippen LogP contribution in [0.25, 0.3) is 0 Å². The standard InChI is InChI=1S/C12H17N3O3/c1-7(2)15-11(16)6-14-10-5-8(13)3-4-9(10)12(17)18/h3-5,7,14H,6,13H2,1-2H3,(H,15,16)(H,17,18). The van der Waals surface area contributed by atoms with Gasteiger partial charge in [-0.05, 0) is 32.0 Å². The first-order valence-electron chi connectivity index (χ1n) is 5.56. The van der Waals surface area contributed by atoms with Crippen LogP contribution in [0.3, 0.4) is 0 Å². The smallest absolute Gasteiger partial charge is 0.337 e. The predicted molar refractivity (Wildman–Crippen MR) is 69.6 cm³/mol. The second-order valence-electron chi connectivity index (χ2n) is 4.19. The molecular weight excluding hydrogens is 234 g/mol. The Morgan fingerprint density at radius 2 is 2.06 bits per heavy atom. The molecule has 1 aromatic rings. The fourth-order valence-corrected chi connectivity index (χ4v) is 1.44. The van der Waals surface area contributed by atoms with Gasteiger partial charge in [-0.25, -0.2) is 4.79 Å². The number of hydrogen-bond donors (Lipinski definition) is 4. The number of rotatable bonds is 5. The van der Waals surface area contributed by atoms with E-state index in [0.29, 0.717) is 11.4 Å². The SMILES string of the molecule is CC(C)NC(=O)CNc1cc(N)ccc1C(=O)O. The quantitative estimate of drug-likeness (QED) is 0.582. The Kier molecular flexibility index (Phi) is 4.53. The highest BCUT2D eigenvalue weighted by atomic mass is 16.4. The number of carboxylic acids is 1. The molecule has 0 saturated carbocycles. The number of nitrogens with one attached hydrogen (secondary N) is 2. The molecule has 0 fully saturated rings. The van der Waals surface area contributed by atoms with Crippen molar-refractivity contribution in [2.45, 2.75) is 19.9 Å². The number of hydrogen-bond acceptors (Lipinski definition) is 4. The van der Waals surface area contributed by atoms with Crippen molar-refractivity contribution < 1.29 is 14.7 Å². The summed E-state index contributed by atoms with van der Waals surface area (Å²) in [6, 6.07) is 4.44. The van der Waals surface area contributed by atoms with Crippen LogP contribution < -0.4 is 16.4 Å². The molecule has 0 spiro atoms. The van der Waals surface area contributed by atoms with Gasteiger partial charge in [0.25, 0.3) is 0 Å². The highest BCUT2D eigenvalue weighted by molar-refractivity contribution is 5.95. The lowest BCUT2D eigenvalue weighted by atomic mass is 10.1. The molecule has 0 saturated heterocycles. The molecule has 0 atom stereocenters. The maximum absolute atomic E-state index is 11.4. The number of amides is 1. The van der Waals surface area contributed by atoms with E-state index in [-0.39, 0.29) is 24.1 Å². The summed E-state index contributed by atoms with van der Waals surface area (Å²) in [5, 5.41) is 14.4. The van der Waals surface area contributed by atoms with Crippen LogP contribution in [0.4, 0.5) is 11.4 Å². The largest absolute Gasteiger partial charge is 0.478 e. The van der Waals surface area contributed by atoms with Crippen molar-refractivity contribution in [2.75, 3.05) is 17.6 Å². The molecule has 0 aromatic heterocycles. The van der Waals surface area contributed by atoms with E-state index in [1.807, 2.05) is 13.8 Å². The third kappa shape index (κ3) is 3.97. The van der Waals surface area contributed by atoms with E-state index in [1.54, 1.807) is 0 Å². The van der Waals surface area contributed by atoms with Crippen LogP contribution >= 0.6 is 0 Å². The summed E-state index contributed by atoms with van der Waals surface area (Å²) >= 11 is 0. The normalized spacial score (nSPS) is 10.2. The Labute approximate surface area is 105 Å². The predicted octanol–water partition coefficient (Wildman–Crippen LogP) is 0.903. The summed E-state index contributed by atoms with van der Waals surface area (Å²) in [6.07, 6.45) is 0. The van der Waals surface area contributed by atoms with Crippen LogP contribution in [-0.4, -0.2) is 29.6 Å². The van der Waals surface area contributed by atoms with E-state index < -0.39 is 5.97 Å². The van der Waals surface area contributed by atoms with Crippen LogP contribution in [0, 0.1) is 0 Å². The van der Waals surface area contributed by atoms with Gasteiger partial charge in [0.1, 0.15) is 0 Å². The van der Waals surface area contributed by atoms with Crippen molar-refractivity contribution in [2.24, 2.45) is 0 Å². The number of anilines is 2. The molecule has 0 aliphatic heterocycles. The molecule has 0 heterocycles. The Bertz CT molecular complexity index is 458. The molecule has 0 unspecified atom stereocenters. The number of aromatic carboxylic acids is 1. The van der Waals surface area contributed by atoms with Crippen molar-refractivity contribution in [3.05, 3.63) is 23.8 Å². The van der Waals surface area contributed by atoms with Gasteiger partial charge < -0.3 is 21.5 Å². The topological polar surface area (TPSA) is 104 Å². The van der Waals surface area contributed by atoms with Gasteiger partial charge in [-0.3, -0.25) is 4.79 Å². The molecule has 1 amide bonds. The lowest BCUT2D eigenvalue weighted by molar-refractivity contribution is -0.119. The first kappa shape index (κ1) is 13.8.